The van der Waals surface area contributed by atoms with E-state index in [1.165, 1.54) is 37.9 Å². The van der Waals surface area contributed by atoms with E-state index in [-0.39, 0.29) is 0 Å². The molecule has 0 radical (unpaired) electrons. The number of rotatable bonds is 4. The van der Waals surface area contributed by atoms with Gasteiger partial charge in [0.05, 0.1) is 0 Å². The minimum Gasteiger partial charge on any atom is -0.458 e. The quantitative estimate of drug-likeness (QED) is 0.175. The number of anilines is 3. The number of allylic oxidation sites excluding steroid dienone is 4. The molecule has 3 heteroatoms. The van der Waals surface area contributed by atoms with E-state index in [1.54, 1.807) is 0 Å². The molecule has 0 spiro atoms. The summed E-state index contributed by atoms with van der Waals surface area (Å²) in [5, 5.41) is 9.80. The van der Waals surface area contributed by atoms with E-state index in [9.17, 15) is 0 Å². The molecular weight excluding hydrogens is 635 g/mol. The smallest absolute Gasteiger partial charge is 0.137 e. The lowest BCUT2D eigenvalue weighted by molar-refractivity contribution is 0.443. The third-order valence-corrected chi connectivity index (χ3v) is 10.2. The molecule has 1 aliphatic rings. The maximum atomic E-state index is 6.36. The van der Waals surface area contributed by atoms with Gasteiger partial charge in [-0.1, -0.05) is 128 Å². The third kappa shape index (κ3) is 5.06. The fourth-order valence-electron chi connectivity index (χ4n) is 7.76. The zero-order chi connectivity index (χ0) is 34.6. The molecule has 52 heavy (non-hydrogen) atoms. The number of fused-ring (bicyclic) bond motifs is 9. The summed E-state index contributed by atoms with van der Waals surface area (Å²) >= 11 is 0. The highest BCUT2D eigenvalue weighted by Gasteiger charge is 2.19. The topological polar surface area (TPSA) is 25.6 Å². The zero-order valence-corrected chi connectivity index (χ0v) is 28.4. The van der Waals surface area contributed by atoms with Crippen molar-refractivity contribution < 1.29 is 9.15 Å². The summed E-state index contributed by atoms with van der Waals surface area (Å²) in [6.07, 6.45) is 8.80. The van der Waals surface area contributed by atoms with Gasteiger partial charge in [0.1, 0.15) is 22.7 Å². The van der Waals surface area contributed by atoms with Crippen LogP contribution in [0.15, 0.2) is 193 Å². The largest absolute Gasteiger partial charge is 0.458 e. The van der Waals surface area contributed by atoms with Crippen molar-refractivity contribution in [3.05, 3.63) is 194 Å². The fourth-order valence-corrected chi connectivity index (χ4v) is 7.76. The van der Waals surface area contributed by atoms with Gasteiger partial charge in [0.25, 0.3) is 0 Å². The summed E-state index contributed by atoms with van der Waals surface area (Å²) in [5.74, 6) is 1.39. The molecule has 0 N–H and O–H groups in total. The molecule has 0 amide bonds. The summed E-state index contributed by atoms with van der Waals surface area (Å²) in [4.78, 5) is 2.27. The highest BCUT2D eigenvalue weighted by Crippen LogP contribution is 2.42. The Kier molecular flexibility index (Phi) is 7.04. The first kappa shape index (κ1) is 30.0. The molecule has 0 aliphatic carbocycles. The minimum atomic E-state index is 0.598. The first-order valence-corrected chi connectivity index (χ1v) is 17.7. The number of furan rings is 1. The molecule has 0 fully saturated rings. The van der Waals surface area contributed by atoms with Crippen LogP contribution < -0.4 is 9.64 Å². The number of ether oxygens (including phenoxy) is 1. The molecule has 0 atom stereocenters. The van der Waals surface area contributed by atoms with Gasteiger partial charge in [-0.25, -0.2) is 0 Å². The van der Waals surface area contributed by atoms with Crippen molar-refractivity contribution in [2.24, 2.45) is 0 Å². The van der Waals surface area contributed by atoms with E-state index in [1.807, 2.05) is 30.4 Å². The van der Waals surface area contributed by atoms with Crippen molar-refractivity contribution in [3.8, 4) is 16.9 Å². The zero-order valence-electron chi connectivity index (χ0n) is 28.4. The van der Waals surface area contributed by atoms with Crippen molar-refractivity contribution in [1.29, 1.82) is 0 Å². The lowest BCUT2D eigenvalue weighted by Crippen LogP contribution is -2.10. The number of para-hydroxylation sites is 1. The van der Waals surface area contributed by atoms with Crippen molar-refractivity contribution in [1.82, 2.24) is 0 Å². The summed E-state index contributed by atoms with van der Waals surface area (Å²) in [6, 6.07) is 54.3. The Labute approximate surface area is 301 Å². The predicted octanol–water partition coefficient (Wildman–Crippen LogP) is 13.7. The van der Waals surface area contributed by atoms with Gasteiger partial charge in [0.15, 0.2) is 0 Å². The van der Waals surface area contributed by atoms with Crippen LogP contribution >= 0.6 is 0 Å². The molecule has 2 heterocycles. The first-order valence-electron chi connectivity index (χ1n) is 17.7. The van der Waals surface area contributed by atoms with Crippen LogP contribution in [0.5, 0.6) is 5.75 Å². The minimum absolute atomic E-state index is 0.598. The average molecular weight is 668 g/mol. The van der Waals surface area contributed by atoms with E-state index in [4.69, 9.17) is 9.15 Å². The van der Waals surface area contributed by atoms with Crippen LogP contribution in [0.1, 0.15) is 5.56 Å². The summed E-state index contributed by atoms with van der Waals surface area (Å²) in [7, 11) is 0. The van der Waals surface area contributed by atoms with Crippen LogP contribution in [-0.2, 0) is 6.42 Å². The van der Waals surface area contributed by atoms with E-state index >= 15 is 0 Å². The third-order valence-electron chi connectivity index (χ3n) is 10.2. The van der Waals surface area contributed by atoms with E-state index < -0.39 is 0 Å². The molecular formula is C49H33NO2. The molecule has 0 saturated heterocycles. The molecule has 8 aromatic carbocycles. The molecule has 246 valence electrons. The van der Waals surface area contributed by atoms with E-state index in [0.29, 0.717) is 5.76 Å². The van der Waals surface area contributed by atoms with Gasteiger partial charge < -0.3 is 14.1 Å². The molecule has 3 nitrogen and oxygen atoms in total. The van der Waals surface area contributed by atoms with Gasteiger partial charge >= 0.3 is 0 Å². The van der Waals surface area contributed by atoms with Crippen molar-refractivity contribution in [3.63, 3.8) is 0 Å². The van der Waals surface area contributed by atoms with Gasteiger partial charge in [0.2, 0.25) is 0 Å². The first-order chi connectivity index (χ1) is 25.7. The van der Waals surface area contributed by atoms with Crippen LogP contribution in [-0.4, -0.2) is 0 Å². The summed E-state index contributed by atoms with van der Waals surface area (Å²) in [5.41, 5.74) is 8.19. The van der Waals surface area contributed by atoms with Gasteiger partial charge in [-0.2, -0.15) is 0 Å². The molecule has 10 rings (SSSR count). The molecule has 1 aromatic heterocycles. The van der Waals surface area contributed by atoms with Crippen LogP contribution in [0.2, 0.25) is 0 Å². The molecule has 1 aliphatic heterocycles. The number of benzene rings is 8. The highest BCUT2D eigenvalue weighted by atomic mass is 16.5. The Bertz CT molecular complexity index is 2930. The van der Waals surface area contributed by atoms with Crippen molar-refractivity contribution in [2.45, 2.75) is 6.42 Å². The van der Waals surface area contributed by atoms with Gasteiger partial charge in [0, 0.05) is 40.0 Å². The number of nitrogens with zero attached hydrogens (tertiary/aromatic N) is 1. The standard InChI is InChI=1S/C49H33NO2/c1-32-10-3-2-4-12-35-22-26-38(30-47(35)51-32)50(39-27-29-44-43-14-7-8-17-46(43)52-48(44)31-39)37-24-20-34(21-25-37)40-15-9-16-45-42(40)28-23-36-19-18-33-11-5-6-13-41(33)49(36)45/h2-11,13-31H,1,12H2/b4-2-,10-3-. The number of hydrogen-bond acceptors (Lipinski definition) is 3. The molecule has 0 saturated carbocycles. The maximum Gasteiger partial charge on any atom is 0.137 e. The van der Waals surface area contributed by atoms with Crippen LogP contribution in [0.3, 0.4) is 0 Å². The Morgan fingerprint density at radius 2 is 1.23 bits per heavy atom. The lowest BCUT2D eigenvalue weighted by Gasteiger charge is -2.27. The van der Waals surface area contributed by atoms with Crippen LogP contribution in [0, 0.1) is 0 Å². The summed E-state index contributed by atoms with van der Waals surface area (Å²) in [6.45, 7) is 4.12. The molecule has 0 bridgehead atoms. The predicted molar refractivity (Wildman–Crippen MR) is 218 cm³/mol. The van der Waals surface area contributed by atoms with Crippen molar-refractivity contribution in [2.75, 3.05) is 4.90 Å². The van der Waals surface area contributed by atoms with E-state index in [0.717, 1.165) is 62.3 Å². The Morgan fingerprint density at radius 3 is 2.15 bits per heavy atom. The fraction of sp³-hybridized carbons (Fsp3) is 0.0204. The monoisotopic (exact) mass is 667 g/mol. The lowest BCUT2D eigenvalue weighted by atomic mass is 9.92. The Balaban J connectivity index is 1.11. The second-order valence-corrected chi connectivity index (χ2v) is 13.4. The second kappa shape index (κ2) is 12.2. The SMILES string of the molecule is C=C1/C=C\C=C/Cc2ccc(N(c3ccc(-c4cccc5c4ccc4ccc6ccccc6c45)cc3)c3ccc4c(c3)oc3ccccc34)cc2O1. The average Bonchev–Trinajstić information content (AvgIpc) is 3.59. The van der Waals surface area contributed by atoms with Gasteiger partial charge in [-0.15, -0.1) is 0 Å². The molecule has 9 aromatic rings. The Hall–Kier alpha value is -6.84. The van der Waals surface area contributed by atoms with Crippen LogP contribution in [0.25, 0.3) is 65.4 Å². The van der Waals surface area contributed by atoms with Crippen molar-refractivity contribution >= 4 is 71.3 Å². The second-order valence-electron chi connectivity index (χ2n) is 13.4. The number of hydrogen-bond donors (Lipinski definition) is 0. The summed E-state index contributed by atoms with van der Waals surface area (Å²) < 4.78 is 12.7. The van der Waals surface area contributed by atoms with Crippen LogP contribution in [0.4, 0.5) is 17.1 Å². The Morgan fingerprint density at radius 1 is 0.519 bits per heavy atom. The van der Waals surface area contributed by atoms with E-state index in [2.05, 4.69) is 157 Å². The molecule has 0 unspecified atom stereocenters. The van der Waals surface area contributed by atoms with Gasteiger partial charge in [-0.3, -0.25) is 0 Å². The maximum absolute atomic E-state index is 6.36. The highest BCUT2D eigenvalue weighted by molar-refractivity contribution is 6.22. The normalized spacial score (nSPS) is 14.2. The van der Waals surface area contributed by atoms with Gasteiger partial charge in [-0.05, 0) is 97.9 Å².